The number of nitrogens with two attached hydrogens (primary N) is 1. The van der Waals surface area contributed by atoms with E-state index in [0.717, 1.165) is 17.7 Å². The fourth-order valence-corrected chi connectivity index (χ4v) is 1.72. The summed E-state index contributed by atoms with van der Waals surface area (Å²) in [4.78, 5) is 0. The van der Waals surface area contributed by atoms with Gasteiger partial charge in [0.2, 0.25) is 0 Å². The Kier molecular flexibility index (Phi) is 4.17. The molecule has 0 unspecified atom stereocenters. The molecule has 0 atom stereocenters. The molecule has 1 aromatic carbocycles. The van der Waals surface area contributed by atoms with Crippen molar-refractivity contribution in [2.45, 2.75) is 27.2 Å². The predicted molar refractivity (Wildman–Crippen MR) is 68.6 cm³/mol. The molecule has 0 saturated carbocycles. The number of rotatable bonds is 3. The van der Waals surface area contributed by atoms with E-state index in [-0.39, 0.29) is 0 Å². The van der Waals surface area contributed by atoms with Crippen LogP contribution in [0.3, 0.4) is 0 Å². The smallest absolute Gasteiger partial charge is 0.0390 e. The molecule has 1 rings (SSSR count). The van der Waals surface area contributed by atoms with Gasteiger partial charge in [-0.25, -0.2) is 0 Å². The van der Waals surface area contributed by atoms with Gasteiger partial charge in [0, 0.05) is 11.3 Å². The Labute approximate surface area is 92.3 Å². The van der Waals surface area contributed by atoms with Gasteiger partial charge >= 0.3 is 0 Å². The third kappa shape index (κ3) is 2.72. The van der Waals surface area contributed by atoms with E-state index >= 15 is 0 Å². The summed E-state index contributed by atoms with van der Waals surface area (Å²) in [6.45, 7) is 6.33. The van der Waals surface area contributed by atoms with Gasteiger partial charge in [0.25, 0.3) is 0 Å². The van der Waals surface area contributed by atoms with Crippen LogP contribution in [0.5, 0.6) is 0 Å². The average Bonchev–Trinajstić information content (AvgIpc) is 2.25. The van der Waals surface area contributed by atoms with Gasteiger partial charge in [-0.1, -0.05) is 37.3 Å². The number of benzene rings is 1. The van der Waals surface area contributed by atoms with Crippen LogP contribution in [0.2, 0.25) is 0 Å². The first kappa shape index (κ1) is 11.6. The zero-order valence-electron chi connectivity index (χ0n) is 9.75. The summed E-state index contributed by atoms with van der Waals surface area (Å²) >= 11 is 0. The molecule has 2 N–H and O–H groups in total. The first-order chi connectivity index (χ1) is 7.20. The van der Waals surface area contributed by atoms with Gasteiger partial charge in [0.1, 0.15) is 0 Å². The molecule has 0 fully saturated rings. The second-order valence-electron chi connectivity index (χ2n) is 3.59. The minimum absolute atomic E-state index is 0.852. The molecule has 0 aliphatic carbocycles. The Bertz CT molecular complexity index is 386. The minimum Gasteiger partial charge on any atom is -0.398 e. The molecule has 0 aliphatic rings. The highest BCUT2D eigenvalue weighted by Gasteiger charge is 2.03. The molecule has 0 radical (unpaired) electrons. The molecule has 1 aromatic rings. The van der Waals surface area contributed by atoms with Crippen molar-refractivity contribution in [3.8, 4) is 0 Å². The quantitative estimate of drug-likeness (QED) is 0.580. The molecule has 0 aliphatic heterocycles. The van der Waals surface area contributed by atoms with E-state index in [1.165, 1.54) is 11.1 Å². The molecule has 80 valence electrons. The van der Waals surface area contributed by atoms with Gasteiger partial charge in [-0.15, -0.1) is 0 Å². The van der Waals surface area contributed by atoms with Gasteiger partial charge in [-0.05, 0) is 37.5 Å². The van der Waals surface area contributed by atoms with Crippen molar-refractivity contribution in [1.82, 2.24) is 0 Å². The summed E-state index contributed by atoms with van der Waals surface area (Å²) in [5.74, 6) is 0. The lowest BCUT2D eigenvalue weighted by molar-refractivity contribution is 1.15. The maximum Gasteiger partial charge on any atom is 0.0390 e. The first-order valence-corrected chi connectivity index (χ1v) is 5.38. The standard InChI is InChI=1S/C14H19N/c1-4-8-12(5-2)11(3)13-9-6-7-10-14(13)15/h4,6-10H,5,15H2,1-3H3/b8-4-,12-11+. The van der Waals surface area contributed by atoms with Crippen molar-refractivity contribution >= 4 is 11.3 Å². The lowest BCUT2D eigenvalue weighted by atomic mass is 9.98. The van der Waals surface area contributed by atoms with Crippen LogP contribution in [-0.2, 0) is 0 Å². The van der Waals surface area contributed by atoms with Crippen LogP contribution in [-0.4, -0.2) is 0 Å². The fraction of sp³-hybridized carbons (Fsp3) is 0.286. The van der Waals surface area contributed by atoms with Crippen molar-refractivity contribution < 1.29 is 0 Å². The lowest BCUT2D eigenvalue weighted by Crippen LogP contribution is -1.93. The number of anilines is 1. The van der Waals surface area contributed by atoms with Crippen LogP contribution in [0.1, 0.15) is 32.8 Å². The number of hydrogen-bond acceptors (Lipinski definition) is 1. The van der Waals surface area contributed by atoms with Crippen LogP contribution in [0.25, 0.3) is 5.57 Å². The van der Waals surface area contributed by atoms with E-state index in [9.17, 15) is 0 Å². The lowest BCUT2D eigenvalue weighted by Gasteiger charge is -2.09. The molecular weight excluding hydrogens is 182 g/mol. The largest absolute Gasteiger partial charge is 0.398 e. The average molecular weight is 201 g/mol. The maximum absolute atomic E-state index is 5.95. The van der Waals surface area contributed by atoms with Gasteiger partial charge in [0.15, 0.2) is 0 Å². The summed E-state index contributed by atoms with van der Waals surface area (Å²) in [6.07, 6.45) is 5.26. The SMILES string of the molecule is C/C=C\C(CC)=C(/C)c1ccccc1N. The van der Waals surface area contributed by atoms with Crippen LogP contribution >= 0.6 is 0 Å². The monoisotopic (exact) mass is 201 g/mol. The summed E-state index contributed by atoms with van der Waals surface area (Å²) in [5.41, 5.74) is 10.6. The predicted octanol–water partition coefficient (Wildman–Crippen LogP) is 4.03. The number of nitrogen functional groups attached to an aromatic ring is 1. The normalized spacial score (nSPS) is 13.0. The van der Waals surface area contributed by atoms with E-state index in [2.05, 4.69) is 32.1 Å². The van der Waals surface area contributed by atoms with Crippen molar-refractivity contribution in [3.05, 3.63) is 47.6 Å². The number of allylic oxidation sites excluding steroid dienone is 4. The zero-order chi connectivity index (χ0) is 11.3. The number of para-hydroxylation sites is 1. The summed E-state index contributed by atoms with van der Waals surface area (Å²) in [7, 11) is 0. The summed E-state index contributed by atoms with van der Waals surface area (Å²) < 4.78 is 0. The first-order valence-electron chi connectivity index (χ1n) is 5.38. The molecule has 1 nitrogen and oxygen atoms in total. The van der Waals surface area contributed by atoms with Gasteiger partial charge in [-0.2, -0.15) is 0 Å². The topological polar surface area (TPSA) is 26.0 Å². The number of hydrogen-bond donors (Lipinski definition) is 1. The van der Waals surface area contributed by atoms with Crippen LogP contribution < -0.4 is 5.73 Å². The third-order valence-corrected chi connectivity index (χ3v) is 2.60. The van der Waals surface area contributed by atoms with Crippen LogP contribution in [0.15, 0.2) is 42.0 Å². The molecule has 15 heavy (non-hydrogen) atoms. The highest BCUT2D eigenvalue weighted by Crippen LogP contribution is 2.25. The minimum atomic E-state index is 0.852. The molecule has 0 heterocycles. The Morgan fingerprint density at radius 2 is 2.00 bits per heavy atom. The zero-order valence-corrected chi connectivity index (χ0v) is 9.75. The second kappa shape index (κ2) is 5.40. The third-order valence-electron chi connectivity index (χ3n) is 2.60. The second-order valence-corrected chi connectivity index (χ2v) is 3.59. The fourth-order valence-electron chi connectivity index (χ4n) is 1.72. The maximum atomic E-state index is 5.95. The summed E-state index contributed by atoms with van der Waals surface area (Å²) in [6, 6.07) is 8.01. The molecule has 1 heteroatoms. The van der Waals surface area contributed by atoms with Crippen LogP contribution in [0, 0.1) is 0 Å². The van der Waals surface area contributed by atoms with Crippen molar-refractivity contribution in [1.29, 1.82) is 0 Å². The molecule has 0 bridgehead atoms. The van der Waals surface area contributed by atoms with E-state index < -0.39 is 0 Å². The van der Waals surface area contributed by atoms with Gasteiger partial charge < -0.3 is 5.73 Å². The highest BCUT2D eigenvalue weighted by atomic mass is 14.6. The van der Waals surface area contributed by atoms with E-state index in [0.29, 0.717) is 0 Å². The van der Waals surface area contributed by atoms with Gasteiger partial charge in [0.05, 0.1) is 0 Å². The van der Waals surface area contributed by atoms with E-state index in [1.807, 2.05) is 25.1 Å². The molecule has 0 amide bonds. The van der Waals surface area contributed by atoms with Crippen LogP contribution in [0.4, 0.5) is 5.69 Å². The van der Waals surface area contributed by atoms with Crippen molar-refractivity contribution in [2.75, 3.05) is 5.73 Å². The van der Waals surface area contributed by atoms with Gasteiger partial charge in [-0.3, -0.25) is 0 Å². The molecular formula is C14H19N. The molecule has 0 aromatic heterocycles. The van der Waals surface area contributed by atoms with Crippen molar-refractivity contribution in [2.24, 2.45) is 0 Å². The Balaban J connectivity index is 3.22. The van der Waals surface area contributed by atoms with E-state index in [4.69, 9.17) is 5.73 Å². The summed E-state index contributed by atoms with van der Waals surface area (Å²) in [5, 5.41) is 0. The highest BCUT2D eigenvalue weighted by molar-refractivity contribution is 5.77. The van der Waals surface area contributed by atoms with Crippen molar-refractivity contribution in [3.63, 3.8) is 0 Å². The Morgan fingerprint density at radius 1 is 1.33 bits per heavy atom. The molecule has 0 spiro atoms. The van der Waals surface area contributed by atoms with E-state index in [1.54, 1.807) is 0 Å². The Morgan fingerprint density at radius 3 is 2.53 bits per heavy atom. The molecule has 0 saturated heterocycles. The Hall–Kier alpha value is -1.50.